The Hall–Kier alpha value is -1.08. The Labute approximate surface area is 60.2 Å². The predicted octanol–water partition coefficient (Wildman–Crippen LogP) is 1.13. The van der Waals surface area contributed by atoms with E-state index in [1.807, 2.05) is 5.87 Å². The van der Waals surface area contributed by atoms with Crippen molar-refractivity contribution in [2.45, 2.75) is 26.4 Å². The summed E-state index contributed by atoms with van der Waals surface area (Å²) in [7, 11) is 0. The zero-order chi connectivity index (χ0) is 8.20. The largest absolute Gasteiger partial charge is 0.456 e. The van der Waals surface area contributed by atoms with Gasteiger partial charge in [-0.2, -0.15) is 0 Å². The molecule has 56 valence electrons. The van der Waals surface area contributed by atoms with Gasteiger partial charge in [0, 0.05) is 0 Å². The molecule has 1 N–H and O–H groups in total. The second-order valence-corrected chi connectivity index (χ2v) is 2.82. The molecule has 0 rings (SSSR count). The summed E-state index contributed by atoms with van der Waals surface area (Å²) in [5.74, 6) is 1.32. The van der Waals surface area contributed by atoms with Crippen molar-refractivity contribution in [3.63, 3.8) is 0 Å². The topological polar surface area (TPSA) is 50.2 Å². The van der Waals surface area contributed by atoms with Gasteiger partial charge in [0.25, 0.3) is 0 Å². The van der Waals surface area contributed by atoms with Gasteiger partial charge in [0.2, 0.25) is 0 Å². The molecule has 0 amide bonds. The minimum Gasteiger partial charge on any atom is -0.456 e. The Bertz CT molecular complexity index is 173. The van der Waals surface area contributed by atoms with Crippen molar-refractivity contribution >= 4 is 11.8 Å². The van der Waals surface area contributed by atoms with Crippen LogP contribution in [0.15, 0.2) is 6.08 Å². The molecule has 0 atom stereocenters. The third kappa shape index (κ3) is 5.06. The zero-order valence-electron chi connectivity index (χ0n) is 6.39. The van der Waals surface area contributed by atoms with Crippen molar-refractivity contribution in [3.05, 3.63) is 6.08 Å². The number of ether oxygens (including phenoxy) is 1. The van der Waals surface area contributed by atoms with Crippen molar-refractivity contribution < 1.29 is 9.53 Å². The van der Waals surface area contributed by atoms with Gasteiger partial charge in [-0.3, -0.25) is 5.41 Å². The maximum Gasteiger partial charge on any atom is 0.340 e. The highest BCUT2D eigenvalue weighted by molar-refractivity contribution is 5.90. The molecule has 0 bridgehead atoms. The normalized spacial score (nSPS) is 9.90. The molecule has 0 fully saturated rings. The highest BCUT2D eigenvalue weighted by Gasteiger charge is 2.13. The van der Waals surface area contributed by atoms with Crippen LogP contribution in [0, 0.1) is 5.41 Å². The van der Waals surface area contributed by atoms with Gasteiger partial charge in [-0.15, -0.1) is 0 Å². The van der Waals surface area contributed by atoms with Crippen LogP contribution in [0.25, 0.3) is 0 Å². The predicted molar refractivity (Wildman–Crippen MR) is 38.1 cm³/mol. The fraction of sp³-hybridized carbons (Fsp3) is 0.571. The van der Waals surface area contributed by atoms with E-state index in [9.17, 15) is 4.79 Å². The highest BCUT2D eigenvalue weighted by atomic mass is 16.6. The van der Waals surface area contributed by atoms with Crippen LogP contribution in [0.4, 0.5) is 0 Å². The van der Waals surface area contributed by atoms with Gasteiger partial charge in [0.15, 0.2) is 0 Å². The van der Waals surface area contributed by atoms with Crippen LogP contribution >= 0.6 is 0 Å². The molecule has 0 aliphatic heterocycles. The second kappa shape index (κ2) is 3.18. The first-order chi connectivity index (χ1) is 4.45. The highest BCUT2D eigenvalue weighted by Crippen LogP contribution is 2.06. The molecule has 10 heavy (non-hydrogen) atoms. The summed E-state index contributed by atoms with van der Waals surface area (Å²) in [6, 6.07) is 0. The van der Waals surface area contributed by atoms with Gasteiger partial charge in [0.05, 0.1) is 6.08 Å². The van der Waals surface area contributed by atoms with Crippen LogP contribution in [0.2, 0.25) is 0 Å². The zero-order valence-corrected chi connectivity index (χ0v) is 6.39. The minimum absolute atomic E-state index is 0.482. The van der Waals surface area contributed by atoms with Gasteiger partial charge in [-0.1, -0.05) is 0 Å². The van der Waals surface area contributed by atoms with E-state index < -0.39 is 11.6 Å². The molecule has 0 aliphatic carbocycles. The van der Waals surface area contributed by atoms with E-state index in [0.29, 0.717) is 0 Å². The maximum absolute atomic E-state index is 10.6. The van der Waals surface area contributed by atoms with Crippen LogP contribution in [-0.4, -0.2) is 17.4 Å². The van der Waals surface area contributed by atoms with Gasteiger partial charge in [-0.05, 0) is 26.6 Å². The second-order valence-electron chi connectivity index (χ2n) is 2.82. The summed E-state index contributed by atoms with van der Waals surface area (Å²) < 4.78 is 4.80. The smallest absolute Gasteiger partial charge is 0.340 e. The molecular weight excluding hydrogens is 130 g/mol. The maximum atomic E-state index is 10.6. The van der Waals surface area contributed by atoms with E-state index in [4.69, 9.17) is 10.1 Å². The number of hydrogen-bond acceptors (Lipinski definition) is 3. The molecule has 0 aliphatic rings. The van der Waals surface area contributed by atoms with E-state index in [1.54, 1.807) is 20.8 Å². The molecule has 0 aromatic carbocycles. The molecule has 0 saturated heterocycles. The van der Waals surface area contributed by atoms with Crippen molar-refractivity contribution in [1.29, 1.82) is 5.41 Å². The quantitative estimate of drug-likeness (QED) is 0.338. The average molecular weight is 141 g/mol. The minimum atomic E-state index is -0.525. The number of carbonyl (C=O) groups excluding carboxylic acids is 1. The summed E-state index contributed by atoms with van der Waals surface area (Å²) >= 11 is 0. The molecule has 3 heteroatoms. The lowest BCUT2D eigenvalue weighted by molar-refractivity contribution is -0.148. The monoisotopic (exact) mass is 141 g/mol. The first kappa shape index (κ1) is 8.92. The Kier molecular flexibility index (Phi) is 2.84. The summed E-state index contributed by atoms with van der Waals surface area (Å²) in [4.78, 5) is 10.6. The number of esters is 1. The lowest BCUT2D eigenvalue weighted by atomic mass is 10.2. The van der Waals surface area contributed by atoms with Crippen molar-refractivity contribution in [1.82, 2.24) is 0 Å². The summed E-state index contributed by atoms with van der Waals surface area (Å²) in [6.07, 6.45) is 0.950. The fourth-order valence-electron chi connectivity index (χ4n) is 0.390. The van der Waals surface area contributed by atoms with Crippen LogP contribution in [0.5, 0.6) is 0 Å². The van der Waals surface area contributed by atoms with E-state index in [1.165, 1.54) is 0 Å². The van der Waals surface area contributed by atoms with E-state index in [-0.39, 0.29) is 0 Å². The first-order valence-corrected chi connectivity index (χ1v) is 2.94. The Morgan fingerprint density at radius 1 is 1.60 bits per heavy atom. The third-order valence-corrected chi connectivity index (χ3v) is 0.597. The van der Waals surface area contributed by atoms with Gasteiger partial charge in [0.1, 0.15) is 5.60 Å². The van der Waals surface area contributed by atoms with Crippen LogP contribution in [0.3, 0.4) is 0 Å². The summed E-state index contributed by atoms with van der Waals surface area (Å²) in [5, 5.41) is 6.43. The number of carbonyl (C=O) groups is 1. The van der Waals surface area contributed by atoms with E-state index in [2.05, 4.69) is 0 Å². The average Bonchev–Trinajstić information content (AvgIpc) is 1.59. The Morgan fingerprint density at radius 3 is 2.40 bits per heavy atom. The SMILES string of the molecule is CC(C)(C)OC(=O)C=C=N. The van der Waals surface area contributed by atoms with Crippen LogP contribution < -0.4 is 0 Å². The molecule has 0 saturated carbocycles. The molecule has 0 heterocycles. The van der Waals surface area contributed by atoms with Crippen molar-refractivity contribution in [2.75, 3.05) is 0 Å². The molecule has 0 unspecified atom stereocenters. The van der Waals surface area contributed by atoms with Gasteiger partial charge < -0.3 is 4.74 Å². The molecule has 0 aromatic rings. The molecular formula is C7H11NO2. The summed E-state index contributed by atoms with van der Waals surface area (Å²) in [6.45, 7) is 5.30. The molecule has 0 radical (unpaired) electrons. The van der Waals surface area contributed by atoms with E-state index in [0.717, 1.165) is 6.08 Å². The van der Waals surface area contributed by atoms with Crippen molar-refractivity contribution in [2.24, 2.45) is 0 Å². The number of rotatable bonds is 1. The van der Waals surface area contributed by atoms with Crippen molar-refractivity contribution in [3.8, 4) is 0 Å². The molecule has 3 nitrogen and oxygen atoms in total. The van der Waals surface area contributed by atoms with Crippen LogP contribution in [0.1, 0.15) is 20.8 Å². The van der Waals surface area contributed by atoms with Gasteiger partial charge in [-0.25, -0.2) is 4.79 Å². The Morgan fingerprint density at radius 2 is 2.10 bits per heavy atom. The lowest BCUT2D eigenvalue weighted by Crippen LogP contribution is -2.22. The standard InChI is InChI=1S/C7H11NO2/c1-7(2,3)10-6(9)4-5-8/h4,8H,1-3H3. The molecule has 0 spiro atoms. The molecule has 0 aromatic heterocycles. The fourth-order valence-corrected chi connectivity index (χ4v) is 0.390. The van der Waals surface area contributed by atoms with Crippen LogP contribution in [-0.2, 0) is 9.53 Å². The number of nitrogens with one attached hydrogen (secondary N) is 1. The van der Waals surface area contributed by atoms with E-state index >= 15 is 0 Å². The Balaban J connectivity index is 3.92. The first-order valence-electron chi connectivity index (χ1n) is 2.94. The van der Waals surface area contributed by atoms with Gasteiger partial charge >= 0.3 is 5.97 Å². The third-order valence-electron chi connectivity index (χ3n) is 0.597. The summed E-state index contributed by atoms with van der Waals surface area (Å²) in [5.41, 5.74) is -0.482. The lowest BCUT2D eigenvalue weighted by Gasteiger charge is -2.17. The number of hydrogen-bond donors (Lipinski definition) is 1.